The van der Waals surface area contributed by atoms with Crippen LogP contribution in [0.3, 0.4) is 0 Å². The molecule has 1 aliphatic rings. The molecular weight excluding hydrogens is 134 g/mol. The lowest BCUT2D eigenvalue weighted by Gasteiger charge is -2.14. The molecule has 0 unspecified atom stereocenters. The number of hydrogen-bond donors (Lipinski definition) is 4. The van der Waals surface area contributed by atoms with E-state index in [0.717, 1.165) is 0 Å². The van der Waals surface area contributed by atoms with E-state index in [1.807, 2.05) is 0 Å². The third-order valence-corrected chi connectivity index (χ3v) is 1.97. The van der Waals surface area contributed by atoms with Gasteiger partial charge in [0, 0.05) is 19.1 Å². The largest absolute Gasteiger partial charge is 0.396 e. The Hall–Kier alpha value is -0.160. The van der Waals surface area contributed by atoms with Crippen LogP contribution in [0.2, 0.25) is 0 Å². The van der Waals surface area contributed by atoms with Crippen molar-refractivity contribution in [3.63, 3.8) is 0 Å². The van der Waals surface area contributed by atoms with Crippen molar-refractivity contribution in [3.05, 3.63) is 0 Å². The quantitative estimate of drug-likeness (QED) is 0.362. The van der Waals surface area contributed by atoms with Crippen molar-refractivity contribution in [1.82, 2.24) is 5.32 Å². The van der Waals surface area contributed by atoms with Crippen molar-refractivity contribution in [3.8, 4) is 0 Å². The summed E-state index contributed by atoms with van der Waals surface area (Å²) < 4.78 is 0. The van der Waals surface area contributed by atoms with Crippen LogP contribution in [-0.2, 0) is 0 Å². The molecule has 1 aliphatic heterocycles. The van der Waals surface area contributed by atoms with E-state index in [1.165, 1.54) is 0 Å². The number of hydrogen-bond acceptors (Lipinski definition) is 4. The molecule has 4 nitrogen and oxygen atoms in total. The predicted molar refractivity (Wildman–Crippen MR) is 35.5 cm³/mol. The number of nitrogens with one attached hydrogen (secondary N) is 1. The van der Waals surface area contributed by atoms with Gasteiger partial charge in [0.15, 0.2) is 0 Å². The van der Waals surface area contributed by atoms with Gasteiger partial charge in [-0.3, -0.25) is 0 Å². The van der Waals surface area contributed by atoms with Gasteiger partial charge in [-0.25, -0.2) is 0 Å². The Kier molecular flexibility index (Phi) is 2.62. The Morgan fingerprint density at radius 1 is 1.30 bits per heavy atom. The standard InChI is InChI=1S/C6H13NO3/c8-2-4-1-7-5(3-9)6(4)10/h4-10H,1-3H2/t4-,5+,6-/m1/s1. The zero-order chi connectivity index (χ0) is 7.56. The maximum absolute atomic E-state index is 9.27. The van der Waals surface area contributed by atoms with Crippen molar-refractivity contribution in [2.24, 2.45) is 5.92 Å². The fraction of sp³-hybridized carbons (Fsp3) is 1.00. The van der Waals surface area contributed by atoms with Gasteiger partial charge < -0.3 is 20.6 Å². The minimum atomic E-state index is -0.602. The van der Waals surface area contributed by atoms with Gasteiger partial charge in [-0.1, -0.05) is 0 Å². The molecule has 60 valence electrons. The average Bonchev–Trinajstić information content (AvgIpc) is 2.30. The number of aliphatic hydroxyl groups is 3. The van der Waals surface area contributed by atoms with Crippen LogP contribution < -0.4 is 5.32 Å². The van der Waals surface area contributed by atoms with E-state index in [9.17, 15) is 5.11 Å². The molecule has 1 heterocycles. The van der Waals surface area contributed by atoms with Crippen LogP contribution in [0.5, 0.6) is 0 Å². The van der Waals surface area contributed by atoms with E-state index in [-0.39, 0.29) is 25.2 Å². The molecule has 0 saturated carbocycles. The summed E-state index contributed by atoms with van der Waals surface area (Å²) in [4.78, 5) is 0. The molecule has 0 bridgehead atoms. The first kappa shape index (κ1) is 7.94. The van der Waals surface area contributed by atoms with Crippen molar-refractivity contribution in [2.45, 2.75) is 12.1 Å². The fourth-order valence-corrected chi connectivity index (χ4v) is 1.22. The Morgan fingerprint density at radius 3 is 2.30 bits per heavy atom. The summed E-state index contributed by atoms with van der Waals surface area (Å²) in [5, 5.41) is 29.5. The van der Waals surface area contributed by atoms with Gasteiger partial charge in [-0.05, 0) is 0 Å². The second-order valence-corrected chi connectivity index (χ2v) is 2.63. The van der Waals surface area contributed by atoms with E-state index in [2.05, 4.69) is 5.32 Å². The molecule has 10 heavy (non-hydrogen) atoms. The van der Waals surface area contributed by atoms with Crippen LogP contribution in [0, 0.1) is 5.92 Å². The van der Waals surface area contributed by atoms with Gasteiger partial charge in [-0.15, -0.1) is 0 Å². The lowest BCUT2D eigenvalue weighted by molar-refractivity contribution is 0.0656. The fourth-order valence-electron chi connectivity index (χ4n) is 1.22. The van der Waals surface area contributed by atoms with E-state index < -0.39 is 6.10 Å². The van der Waals surface area contributed by atoms with Crippen molar-refractivity contribution >= 4 is 0 Å². The molecule has 0 aromatic heterocycles. The molecule has 0 spiro atoms. The molecule has 0 aromatic carbocycles. The zero-order valence-electron chi connectivity index (χ0n) is 5.70. The van der Waals surface area contributed by atoms with Gasteiger partial charge >= 0.3 is 0 Å². The zero-order valence-corrected chi connectivity index (χ0v) is 5.70. The van der Waals surface area contributed by atoms with Crippen molar-refractivity contribution < 1.29 is 15.3 Å². The summed E-state index contributed by atoms with van der Waals surface area (Å²) in [7, 11) is 0. The highest BCUT2D eigenvalue weighted by atomic mass is 16.3. The van der Waals surface area contributed by atoms with E-state index >= 15 is 0 Å². The van der Waals surface area contributed by atoms with Crippen LogP contribution in [0.4, 0.5) is 0 Å². The molecule has 0 radical (unpaired) electrons. The van der Waals surface area contributed by atoms with E-state index in [0.29, 0.717) is 6.54 Å². The number of aliphatic hydroxyl groups excluding tert-OH is 3. The first-order chi connectivity index (χ1) is 4.79. The van der Waals surface area contributed by atoms with Crippen LogP contribution in [-0.4, -0.2) is 47.2 Å². The normalized spacial score (nSPS) is 40.5. The Labute approximate surface area is 59.5 Å². The topological polar surface area (TPSA) is 72.7 Å². The molecule has 1 rings (SSSR count). The van der Waals surface area contributed by atoms with Crippen LogP contribution in [0.15, 0.2) is 0 Å². The van der Waals surface area contributed by atoms with Gasteiger partial charge in [-0.2, -0.15) is 0 Å². The Morgan fingerprint density at radius 2 is 2.00 bits per heavy atom. The highest BCUT2D eigenvalue weighted by Gasteiger charge is 2.32. The van der Waals surface area contributed by atoms with E-state index in [1.54, 1.807) is 0 Å². The minimum absolute atomic E-state index is 0.0231. The Balaban J connectivity index is 2.41. The molecule has 4 N–H and O–H groups in total. The second-order valence-electron chi connectivity index (χ2n) is 2.63. The van der Waals surface area contributed by atoms with Gasteiger partial charge in [0.2, 0.25) is 0 Å². The monoisotopic (exact) mass is 147 g/mol. The lowest BCUT2D eigenvalue weighted by Crippen LogP contribution is -2.35. The van der Waals surface area contributed by atoms with Crippen LogP contribution in [0.25, 0.3) is 0 Å². The highest BCUT2D eigenvalue weighted by Crippen LogP contribution is 2.13. The number of rotatable bonds is 2. The molecule has 1 saturated heterocycles. The average molecular weight is 147 g/mol. The summed E-state index contributed by atoms with van der Waals surface area (Å²) in [6.45, 7) is 0.491. The third kappa shape index (κ3) is 1.29. The molecule has 3 atom stereocenters. The predicted octanol–water partition coefficient (Wildman–Crippen LogP) is -2.08. The van der Waals surface area contributed by atoms with Crippen molar-refractivity contribution in [1.29, 1.82) is 0 Å². The second kappa shape index (κ2) is 3.30. The summed E-state index contributed by atoms with van der Waals surface area (Å²) >= 11 is 0. The maximum atomic E-state index is 9.27. The minimum Gasteiger partial charge on any atom is -0.396 e. The SMILES string of the molecule is OC[C@H]1CN[C@@H](CO)[C@@H]1O. The van der Waals surface area contributed by atoms with Gasteiger partial charge in [0.05, 0.1) is 18.8 Å². The first-order valence-corrected chi connectivity index (χ1v) is 3.42. The van der Waals surface area contributed by atoms with Crippen molar-refractivity contribution in [2.75, 3.05) is 19.8 Å². The van der Waals surface area contributed by atoms with Crippen LogP contribution >= 0.6 is 0 Å². The summed E-state index contributed by atoms with van der Waals surface area (Å²) in [6.07, 6.45) is -0.602. The smallest absolute Gasteiger partial charge is 0.0777 e. The highest BCUT2D eigenvalue weighted by molar-refractivity contribution is 4.89. The van der Waals surface area contributed by atoms with Gasteiger partial charge in [0.1, 0.15) is 0 Å². The molecule has 0 aliphatic carbocycles. The van der Waals surface area contributed by atoms with Gasteiger partial charge in [0.25, 0.3) is 0 Å². The molecule has 0 aromatic rings. The van der Waals surface area contributed by atoms with E-state index in [4.69, 9.17) is 10.2 Å². The molecular formula is C6H13NO3. The summed E-state index contributed by atoms with van der Waals surface area (Å²) in [6, 6.07) is -0.253. The molecule has 1 fully saturated rings. The summed E-state index contributed by atoms with van der Waals surface area (Å²) in [5.41, 5.74) is 0. The first-order valence-electron chi connectivity index (χ1n) is 3.42. The molecule has 0 amide bonds. The lowest BCUT2D eigenvalue weighted by atomic mass is 10.0. The molecule has 4 heteroatoms. The summed E-state index contributed by atoms with van der Waals surface area (Å²) in [5.74, 6) is -0.114. The maximum Gasteiger partial charge on any atom is 0.0777 e. The van der Waals surface area contributed by atoms with Crippen LogP contribution in [0.1, 0.15) is 0 Å². The Bertz CT molecular complexity index is 97.2. The third-order valence-electron chi connectivity index (χ3n) is 1.97.